The first-order chi connectivity index (χ1) is 6.16. The lowest BCUT2D eigenvalue weighted by molar-refractivity contribution is 0.167. The zero-order chi connectivity index (χ0) is 9.84. The molecule has 1 unspecified atom stereocenters. The van der Waals surface area contributed by atoms with Crippen molar-refractivity contribution >= 4 is 5.69 Å². The Balaban J connectivity index is 2.93. The van der Waals surface area contributed by atoms with Crippen LogP contribution < -0.4 is 5.73 Å². The summed E-state index contributed by atoms with van der Waals surface area (Å²) in [6.45, 7) is 1.96. The quantitative estimate of drug-likeness (QED) is 0.706. The van der Waals surface area contributed by atoms with Gasteiger partial charge in [-0.3, -0.25) is 0 Å². The molecule has 0 bridgehead atoms. The van der Waals surface area contributed by atoms with Crippen molar-refractivity contribution in [3.63, 3.8) is 0 Å². The maximum Gasteiger partial charge on any atom is 0.146 e. The second kappa shape index (κ2) is 4.23. The first kappa shape index (κ1) is 9.99. The van der Waals surface area contributed by atoms with E-state index in [-0.39, 0.29) is 5.69 Å². The molecule has 0 spiro atoms. The third-order valence-corrected chi connectivity index (χ3v) is 2.01. The minimum absolute atomic E-state index is 0.0588. The van der Waals surface area contributed by atoms with Crippen LogP contribution in [0.15, 0.2) is 18.2 Å². The maximum absolute atomic E-state index is 12.9. The van der Waals surface area contributed by atoms with E-state index in [1.54, 1.807) is 12.1 Å². The number of nitrogens with two attached hydrogens (primary N) is 1. The van der Waals surface area contributed by atoms with Gasteiger partial charge in [0.1, 0.15) is 5.82 Å². The lowest BCUT2D eigenvalue weighted by Gasteiger charge is -2.12. The minimum atomic E-state index is -0.652. The Morgan fingerprint density at radius 3 is 2.85 bits per heavy atom. The van der Waals surface area contributed by atoms with Crippen LogP contribution in [0.25, 0.3) is 0 Å². The van der Waals surface area contributed by atoms with Crippen LogP contribution >= 0.6 is 0 Å². The van der Waals surface area contributed by atoms with Crippen molar-refractivity contribution in [1.29, 1.82) is 0 Å². The number of hydrogen-bond acceptors (Lipinski definition) is 2. The van der Waals surface area contributed by atoms with Crippen molar-refractivity contribution in [2.24, 2.45) is 0 Å². The van der Waals surface area contributed by atoms with Crippen LogP contribution in [0.5, 0.6) is 0 Å². The topological polar surface area (TPSA) is 46.2 Å². The van der Waals surface area contributed by atoms with Crippen molar-refractivity contribution in [2.45, 2.75) is 25.9 Å². The van der Waals surface area contributed by atoms with Gasteiger partial charge in [-0.2, -0.15) is 0 Å². The van der Waals surface area contributed by atoms with E-state index in [1.807, 2.05) is 6.92 Å². The van der Waals surface area contributed by atoms with E-state index in [9.17, 15) is 9.50 Å². The summed E-state index contributed by atoms with van der Waals surface area (Å²) in [5, 5.41) is 9.58. The van der Waals surface area contributed by atoms with E-state index >= 15 is 0 Å². The fraction of sp³-hybridized carbons (Fsp3) is 0.400. The van der Waals surface area contributed by atoms with Gasteiger partial charge in [-0.15, -0.1) is 0 Å². The van der Waals surface area contributed by atoms with Gasteiger partial charge in [-0.05, 0) is 12.5 Å². The van der Waals surface area contributed by atoms with Crippen LogP contribution in [-0.4, -0.2) is 5.11 Å². The predicted molar refractivity (Wildman–Crippen MR) is 50.7 cm³/mol. The van der Waals surface area contributed by atoms with Gasteiger partial charge >= 0.3 is 0 Å². The molecular weight excluding hydrogens is 169 g/mol. The summed E-state index contributed by atoms with van der Waals surface area (Å²) in [7, 11) is 0. The molecule has 13 heavy (non-hydrogen) atoms. The van der Waals surface area contributed by atoms with E-state index in [0.29, 0.717) is 12.0 Å². The van der Waals surface area contributed by atoms with Gasteiger partial charge < -0.3 is 10.8 Å². The highest BCUT2D eigenvalue weighted by Gasteiger charge is 2.11. The Hall–Kier alpha value is -1.09. The van der Waals surface area contributed by atoms with Crippen molar-refractivity contribution in [3.8, 4) is 0 Å². The molecule has 3 N–H and O–H groups in total. The highest BCUT2D eigenvalue weighted by Crippen LogP contribution is 2.25. The van der Waals surface area contributed by atoms with Crippen LogP contribution in [0.4, 0.5) is 10.1 Å². The summed E-state index contributed by atoms with van der Waals surface area (Å²) in [5.41, 5.74) is 6.03. The Morgan fingerprint density at radius 1 is 1.54 bits per heavy atom. The van der Waals surface area contributed by atoms with Gasteiger partial charge in [0.25, 0.3) is 0 Å². The monoisotopic (exact) mass is 183 g/mol. The number of halogens is 1. The summed E-state index contributed by atoms with van der Waals surface area (Å²) < 4.78 is 12.9. The fourth-order valence-electron chi connectivity index (χ4n) is 1.27. The molecule has 1 aromatic rings. The molecule has 1 aromatic carbocycles. The second-order valence-corrected chi connectivity index (χ2v) is 3.05. The van der Waals surface area contributed by atoms with E-state index in [1.165, 1.54) is 6.07 Å². The number of benzene rings is 1. The number of nitrogen functional groups attached to an aromatic ring is 1. The fourth-order valence-corrected chi connectivity index (χ4v) is 1.27. The van der Waals surface area contributed by atoms with Crippen LogP contribution in [0.2, 0.25) is 0 Å². The second-order valence-electron chi connectivity index (χ2n) is 3.05. The Bertz CT molecular complexity index is 288. The van der Waals surface area contributed by atoms with Gasteiger partial charge in [0.2, 0.25) is 0 Å². The molecule has 2 nitrogen and oxygen atoms in total. The molecule has 0 aliphatic heterocycles. The third-order valence-electron chi connectivity index (χ3n) is 2.01. The Labute approximate surface area is 77.2 Å². The summed E-state index contributed by atoms with van der Waals surface area (Å²) in [5.74, 6) is -0.465. The highest BCUT2D eigenvalue weighted by atomic mass is 19.1. The van der Waals surface area contributed by atoms with Crippen LogP contribution in [0, 0.1) is 5.82 Å². The summed E-state index contributed by atoms with van der Waals surface area (Å²) in [6.07, 6.45) is 0.797. The molecule has 0 fully saturated rings. The van der Waals surface area contributed by atoms with Gasteiger partial charge in [-0.25, -0.2) is 4.39 Å². The van der Waals surface area contributed by atoms with Crippen LogP contribution in [0.3, 0.4) is 0 Å². The number of anilines is 1. The van der Waals surface area contributed by atoms with E-state index in [0.717, 1.165) is 6.42 Å². The Morgan fingerprint density at radius 2 is 2.23 bits per heavy atom. The van der Waals surface area contributed by atoms with Crippen LogP contribution in [0.1, 0.15) is 31.4 Å². The molecule has 0 radical (unpaired) electrons. The molecule has 0 amide bonds. The summed E-state index contributed by atoms with van der Waals surface area (Å²) >= 11 is 0. The van der Waals surface area contributed by atoms with Crippen molar-refractivity contribution in [3.05, 3.63) is 29.6 Å². The molecule has 72 valence electrons. The zero-order valence-corrected chi connectivity index (χ0v) is 7.63. The molecule has 0 aliphatic rings. The normalized spacial score (nSPS) is 12.8. The van der Waals surface area contributed by atoms with Crippen molar-refractivity contribution in [2.75, 3.05) is 5.73 Å². The van der Waals surface area contributed by atoms with Gasteiger partial charge in [0.15, 0.2) is 0 Å². The molecule has 3 heteroatoms. The van der Waals surface area contributed by atoms with Crippen molar-refractivity contribution in [1.82, 2.24) is 0 Å². The zero-order valence-electron chi connectivity index (χ0n) is 7.63. The summed E-state index contributed by atoms with van der Waals surface area (Å²) in [4.78, 5) is 0. The largest absolute Gasteiger partial charge is 0.396 e. The standard InChI is InChI=1S/C10H14FNO/c1-2-4-9(13)7-5-3-6-8(11)10(7)12/h3,5-6,9,13H,2,4,12H2,1H3. The molecule has 0 saturated heterocycles. The molecule has 1 rings (SSSR count). The summed E-state index contributed by atoms with van der Waals surface area (Å²) in [6, 6.07) is 4.50. The van der Waals surface area contributed by atoms with Gasteiger partial charge in [0.05, 0.1) is 11.8 Å². The molecule has 0 heterocycles. The van der Waals surface area contributed by atoms with E-state index in [4.69, 9.17) is 5.73 Å². The maximum atomic E-state index is 12.9. The molecule has 0 aromatic heterocycles. The number of para-hydroxylation sites is 1. The molecular formula is C10H14FNO. The lowest BCUT2D eigenvalue weighted by Crippen LogP contribution is -2.03. The number of rotatable bonds is 3. The average molecular weight is 183 g/mol. The highest BCUT2D eigenvalue weighted by molar-refractivity contribution is 5.48. The van der Waals surface area contributed by atoms with Crippen LogP contribution in [-0.2, 0) is 0 Å². The average Bonchev–Trinajstić information content (AvgIpc) is 2.10. The number of hydrogen-bond donors (Lipinski definition) is 2. The molecule has 1 atom stereocenters. The lowest BCUT2D eigenvalue weighted by atomic mass is 10.0. The predicted octanol–water partition coefficient (Wildman–Crippen LogP) is 2.24. The SMILES string of the molecule is CCCC(O)c1cccc(F)c1N. The Kier molecular flexibility index (Phi) is 3.25. The third kappa shape index (κ3) is 2.18. The van der Waals surface area contributed by atoms with Crippen molar-refractivity contribution < 1.29 is 9.50 Å². The molecule has 0 saturated carbocycles. The van der Waals surface area contributed by atoms with E-state index in [2.05, 4.69) is 0 Å². The number of aliphatic hydroxyl groups is 1. The first-order valence-electron chi connectivity index (χ1n) is 4.38. The van der Waals surface area contributed by atoms with Gasteiger partial charge in [0, 0.05) is 5.56 Å². The smallest absolute Gasteiger partial charge is 0.146 e. The minimum Gasteiger partial charge on any atom is -0.396 e. The van der Waals surface area contributed by atoms with E-state index < -0.39 is 11.9 Å². The molecule has 0 aliphatic carbocycles. The van der Waals surface area contributed by atoms with Gasteiger partial charge in [-0.1, -0.05) is 25.5 Å². The first-order valence-corrected chi connectivity index (χ1v) is 4.38. The number of aliphatic hydroxyl groups excluding tert-OH is 1.